The van der Waals surface area contributed by atoms with E-state index in [0.717, 1.165) is 0 Å². The van der Waals surface area contributed by atoms with Crippen molar-refractivity contribution in [3.05, 3.63) is 33.9 Å². The summed E-state index contributed by atoms with van der Waals surface area (Å²) in [5.41, 5.74) is 0.729. The van der Waals surface area contributed by atoms with Crippen LogP contribution in [-0.2, 0) is 4.74 Å². The molecule has 0 aliphatic heterocycles. The van der Waals surface area contributed by atoms with Gasteiger partial charge in [0.05, 0.1) is 23.3 Å². The smallest absolute Gasteiger partial charge is 0.411 e. The summed E-state index contributed by atoms with van der Waals surface area (Å²) in [4.78, 5) is 21.0. The van der Waals surface area contributed by atoms with Gasteiger partial charge in [0.2, 0.25) is 0 Å². The molecule has 80 valence electrons. The van der Waals surface area contributed by atoms with Gasteiger partial charge in [0.15, 0.2) is 0 Å². The Bertz CT molecular complexity index is 403. The number of anilines is 1. The Morgan fingerprint density at radius 1 is 1.53 bits per heavy atom. The van der Waals surface area contributed by atoms with Gasteiger partial charge >= 0.3 is 6.09 Å². The van der Waals surface area contributed by atoms with Crippen LogP contribution in [0.2, 0.25) is 0 Å². The number of rotatable bonds is 2. The first-order chi connectivity index (χ1) is 7.06. The fraction of sp³-hybridized carbons (Fsp3) is 0.222. The van der Waals surface area contributed by atoms with E-state index in [0.29, 0.717) is 11.3 Å². The van der Waals surface area contributed by atoms with Crippen LogP contribution < -0.4 is 5.32 Å². The predicted octanol–water partition coefficient (Wildman–Crippen LogP) is 2.08. The SMILES string of the molecule is COC(=O)Nc1cccc([N+](=O)[O-])c1C. The van der Waals surface area contributed by atoms with E-state index in [1.165, 1.54) is 19.2 Å². The van der Waals surface area contributed by atoms with Crippen molar-refractivity contribution in [2.75, 3.05) is 12.4 Å². The lowest BCUT2D eigenvalue weighted by atomic mass is 10.1. The Labute approximate surface area is 86.0 Å². The second-order valence-electron chi connectivity index (χ2n) is 2.82. The highest BCUT2D eigenvalue weighted by atomic mass is 16.6. The number of hydrogen-bond acceptors (Lipinski definition) is 4. The molecule has 0 aliphatic carbocycles. The highest BCUT2D eigenvalue weighted by Gasteiger charge is 2.14. The molecule has 1 rings (SSSR count). The van der Waals surface area contributed by atoms with Crippen molar-refractivity contribution in [1.29, 1.82) is 0 Å². The van der Waals surface area contributed by atoms with E-state index in [4.69, 9.17) is 0 Å². The van der Waals surface area contributed by atoms with Crippen molar-refractivity contribution >= 4 is 17.5 Å². The van der Waals surface area contributed by atoms with Gasteiger partial charge < -0.3 is 4.74 Å². The van der Waals surface area contributed by atoms with E-state index in [1.54, 1.807) is 13.0 Å². The van der Waals surface area contributed by atoms with Crippen molar-refractivity contribution < 1.29 is 14.5 Å². The monoisotopic (exact) mass is 210 g/mol. The largest absolute Gasteiger partial charge is 0.453 e. The molecule has 15 heavy (non-hydrogen) atoms. The van der Waals surface area contributed by atoms with Crippen molar-refractivity contribution in [1.82, 2.24) is 0 Å². The molecule has 6 nitrogen and oxygen atoms in total. The average Bonchev–Trinajstić information content (AvgIpc) is 2.20. The molecule has 0 aromatic heterocycles. The van der Waals surface area contributed by atoms with Crippen molar-refractivity contribution in [3.8, 4) is 0 Å². The zero-order valence-corrected chi connectivity index (χ0v) is 8.31. The third kappa shape index (κ3) is 2.43. The molecule has 1 aromatic rings. The maximum Gasteiger partial charge on any atom is 0.411 e. The average molecular weight is 210 g/mol. The second-order valence-corrected chi connectivity index (χ2v) is 2.82. The minimum atomic E-state index is -0.654. The van der Waals surface area contributed by atoms with Crippen LogP contribution in [0.25, 0.3) is 0 Å². The summed E-state index contributed by atoms with van der Waals surface area (Å²) in [6.45, 7) is 1.56. The number of nitrogens with one attached hydrogen (secondary N) is 1. The van der Waals surface area contributed by atoms with Gasteiger partial charge in [-0.05, 0) is 13.0 Å². The van der Waals surface area contributed by atoms with Crippen molar-refractivity contribution in [2.24, 2.45) is 0 Å². The molecule has 0 spiro atoms. The van der Waals surface area contributed by atoms with Crippen molar-refractivity contribution in [3.63, 3.8) is 0 Å². The zero-order valence-electron chi connectivity index (χ0n) is 8.31. The third-order valence-corrected chi connectivity index (χ3v) is 1.92. The number of carbonyl (C=O) groups excluding carboxylic acids is 1. The Hall–Kier alpha value is -2.11. The number of nitro groups is 1. The lowest BCUT2D eigenvalue weighted by Gasteiger charge is -2.06. The van der Waals surface area contributed by atoms with Gasteiger partial charge in [0.25, 0.3) is 5.69 Å². The molecule has 1 aromatic carbocycles. The molecule has 1 amide bonds. The molecular weight excluding hydrogens is 200 g/mol. The van der Waals surface area contributed by atoms with E-state index in [9.17, 15) is 14.9 Å². The van der Waals surface area contributed by atoms with E-state index >= 15 is 0 Å². The molecular formula is C9H10N2O4. The minimum absolute atomic E-state index is 0.0381. The quantitative estimate of drug-likeness (QED) is 0.598. The summed E-state index contributed by atoms with van der Waals surface area (Å²) < 4.78 is 4.39. The van der Waals surface area contributed by atoms with Crippen LogP contribution >= 0.6 is 0 Å². The highest BCUT2D eigenvalue weighted by molar-refractivity contribution is 5.86. The molecule has 0 atom stereocenters. The standard InChI is InChI=1S/C9H10N2O4/c1-6-7(10-9(12)15-2)4-3-5-8(6)11(13)14/h3-5H,1-2H3,(H,10,12). The first kappa shape index (κ1) is 11.0. The molecule has 0 radical (unpaired) electrons. The molecule has 0 bridgehead atoms. The van der Waals surface area contributed by atoms with E-state index in [1.807, 2.05) is 0 Å². The van der Waals surface area contributed by atoms with Crippen LogP contribution in [0, 0.1) is 17.0 Å². The van der Waals surface area contributed by atoms with Crippen LogP contribution in [0.5, 0.6) is 0 Å². The number of amides is 1. The maximum atomic E-state index is 10.9. The lowest BCUT2D eigenvalue weighted by molar-refractivity contribution is -0.385. The number of nitrogens with zero attached hydrogens (tertiary/aromatic N) is 1. The van der Waals surface area contributed by atoms with Gasteiger partial charge in [-0.25, -0.2) is 4.79 Å². The van der Waals surface area contributed by atoms with Gasteiger partial charge in [-0.3, -0.25) is 15.4 Å². The van der Waals surface area contributed by atoms with E-state index < -0.39 is 11.0 Å². The molecule has 0 saturated carbocycles. The highest BCUT2D eigenvalue weighted by Crippen LogP contribution is 2.24. The zero-order chi connectivity index (χ0) is 11.4. The van der Waals surface area contributed by atoms with Gasteiger partial charge in [-0.1, -0.05) is 6.07 Å². The van der Waals surface area contributed by atoms with Gasteiger partial charge in [0, 0.05) is 6.07 Å². The number of benzene rings is 1. The molecule has 0 saturated heterocycles. The van der Waals surface area contributed by atoms with E-state index in [-0.39, 0.29) is 5.69 Å². The van der Waals surface area contributed by atoms with Crippen LogP contribution in [0.4, 0.5) is 16.2 Å². The molecule has 0 unspecified atom stereocenters. The number of nitro benzene ring substituents is 1. The Balaban J connectivity index is 3.04. The fourth-order valence-corrected chi connectivity index (χ4v) is 1.12. The maximum absolute atomic E-state index is 10.9. The number of methoxy groups -OCH3 is 1. The topological polar surface area (TPSA) is 81.5 Å². The van der Waals surface area contributed by atoms with Gasteiger partial charge in [-0.2, -0.15) is 0 Å². The lowest BCUT2D eigenvalue weighted by Crippen LogP contribution is -2.12. The van der Waals surface area contributed by atoms with Gasteiger partial charge in [0.1, 0.15) is 0 Å². The van der Waals surface area contributed by atoms with Gasteiger partial charge in [-0.15, -0.1) is 0 Å². The van der Waals surface area contributed by atoms with E-state index in [2.05, 4.69) is 10.1 Å². The molecule has 0 fully saturated rings. The van der Waals surface area contributed by atoms with Crippen molar-refractivity contribution in [2.45, 2.75) is 6.92 Å². The summed E-state index contributed by atoms with van der Waals surface area (Å²) in [5.74, 6) is 0. The molecule has 0 heterocycles. The Morgan fingerprint density at radius 3 is 2.73 bits per heavy atom. The first-order valence-corrected chi connectivity index (χ1v) is 4.15. The Kier molecular flexibility index (Phi) is 3.22. The van der Waals surface area contributed by atoms with Crippen LogP contribution in [0.3, 0.4) is 0 Å². The minimum Gasteiger partial charge on any atom is -0.453 e. The summed E-state index contributed by atoms with van der Waals surface area (Å²) in [5, 5.41) is 13.0. The predicted molar refractivity (Wildman–Crippen MR) is 53.9 cm³/mol. The Morgan fingerprint density at radius 2 is 2.20 bits per heavy atom. The summed E-state index contributed by atoms with van der Waals surface area (Å²) >= 11 is 0. The number of ether oxygens (including phenoxy) is 1. The van der Waals surface area contributed by atoms with Crippen LogP contribution in [-0.4, -0.2) is 18.1 Å². The third-order valence-electron chi connectivity index (χ3n) is 1.92. The first-order valence-electron chi connectivity index (χ1n) is 4.15. The second kappa shape index (κ2) is 4.41. The molecule has 1 N–H and O–H groups in total. The summed E-state index contributed by atoms with van der Waals surface area (Å²) in [6, 6.07) is 4.44. The number of hydrogen-bond donors (Lipinski definition) is 1. The molecule has 0 aliphatic rings. The summed E-state index contributed by atoms with van der Waals surface area (Å²) in [6.07, 6.45) is -0.654. The normalized spacial score (nSPS) is 9.47. The number of carbonyl (C=O) groups is 1. The fourth-order valence-electron chi connectivity index (χ4n) is 1.12. The van der Waals surface area contributed by atoms with Crippen LogP contribution in [0.1, 0.15) is 5.56 Å². The molecule has 6 heteroatoms. The summed E-state index contributed by atoms with van der Waals surface area (Å²) in [7, 11) is 1.22. The van der Waals surface area contributed by atoms with Crippen LogP contribution in [0.15, 0.2) is 18.2 Å².